The zero-order valence-corrected chi connectivity index (χ0v) is 18.2. The van der Waals surface area contributed by atoms with Crippen LogP contribution >= 0.6 is 0 Å². The van der Waals surface area contributed by atoms with Gasteiger partial charge in [0.2, 0.25) is 5.89 Å². The summed E-state index contributed by atoms with van der Waals surface area (Å²) in [5, 5.41) is 0. The molecule has 0 N–H and O–H groups in total. The van der Waals surface area contributed by atoms with Crippen LogP contribution in [0.15, 0.2) is 52.9 Å². The van der Waals surface area contributed by atoms with E-state index in [2.05, 4.69) is 17.1 Å². The molecule has 0 saturated heterocycles. The average molecular weight is 420 g/mol. The van der Waals surface area contributed by atoms with E-state index in [0.717, 1.165) is 48.5 Å². The van der Waals surface area contributed by atoms with Crippen LogP contribution in [-0.4, -0.2) is 24.2 Å². The quantitative estimate of drug-likeness (QED) is 0.332. The second-order valence-electron chi connectivity index (χ2n) is 7.95. The fraction of sp³-hybridized carbons (Fsp3) is 0.385. The van der Waals surface area contributed by atoms with Gasteiger partial charge in [0.05, 0.1) is 25.3 Å². The van der Waals surface area contributed by atoms with Gasteiger partial charge in [-0.15, -0.1) is 0 Å². The Morgan fingerprint density at radius 3 is 2.84 bits per heavy atom. The van der Waals surface area contributed by atoms with Gasteiger partial charge in [-0.1, -0.05) is 24.3 Å². The van der Waals surface area contributed by atoms with E-state index >= 15 is 0 Å². The number of ether oxygens (including phenoxy) is 2. The molecule has 5 nitrogen and oxygen atoms in total. The molecule has 2 aromatic carbocycles. The Morgan fingerprint density at radius 1 is 1.19 bits per heavy atom. The van der Waals surface area contributed by atoms with Crippen molar-refractivity contribution in [1.82, 2.24) is 4.98 Å². The first-order valence-corrected chi connectivity index (χ1v) is 11.1. The standard InChI is InChI=1S/C26H29NO4/c1-3-29-25(28)17-21-12-11-20-16-22(13-14-23(20)21)30-15-7-10-24-18(2)31-26(27-24)19-8-5-4-6-9-19/h4-6,8-9,13-14,16,21H,3,7,10-12,15,17H2,1-2H3. The van der Waals surface area contributed by atoms with Crippen LogP contribution in [0.1, 0.15) is 54.7 Å². The third kappa shape index (κ3) is 5.16. The van der Waals surface area contributed by atoms with Gasteiger partial charge in [-0.2, -0.15) is 0 Å². The highest BCUT2D eigenvalue weighted by Gasteiger charge is 2.25. The van der Waals surface area contributed by atoms with E-state index < -0.39 is 0 Å². The fourth-order valence-electron chi connectivity index (χ4n) is 4.20. The third-order valence-corrected chi connectivity index (χ3v) is 5.77. The molecule has 1 heterocycles. The van der Waals surface area contributed by atoms with Crippen LogP contribution in [0.5, 0.6) is 5.75 Å². The number of benzene rings is 2. The molecule has 31 heavy (non-hydrogen) atoms. The van der Waals surface area contributed by atoms with Gasteiger partial charge in [0.1, 0.15) is 11.5 Å². The van der Waals surface area contributed by atoms with Crippen molar-refractivity contribution < 1.29 is 18.7 Å². The van der Waals surface area contributed by atoms with Crippen LogP contribution in [-0.2, 0) is 22.4 Å². The molecule has 0 bridgehead atoms. The van der Waals surface area contributed by atoms with Crippen molar-refractivity contribution in [2.24, 2.45) is 0 Å². The van der Waals surface area contributed by atoms with Crippen molar-refractivity contribution in [3.05, 3.63) is 71.1 Å². The lowest BCUT2D eigenvalue weighted by Gasteiger charge is -2.12. The summed E-state index contributed by atoms with van der Waals surface area (Å²) < 4.78 is 16.9. The topological polar surface area (TPSA) is 61.6 Å². The number of esters is 1. The van der Waals surface area contributed by atoms with E-state index in [9.17, 15) is 4.79 Å². The molecule has 0 amide bonds. The number of hydrogen-bond acceptors (Lipinski definition) is 5. The molecular formula is C26H29NO4. The van der Waals surface area contributed by atoms with Gasteiger partial charge >= 0.3 is 5.97 Å². The Morgan fingerprint density at radius 2 is 2.03 bits per heavy atom. The minimum atomic E-state index is -0.112. The van der Waals surface area contributed by atoms with Gasteiger partial charge in [-0.3, -0.25) is 4.79 Å². The molecule has 0 saturated carbocycles. The second kappa shape index (κ2) is 9.82. The van der Waals surface area contributed by atoms with Gasteiger partial charge < -0.3 is 13.9 Å². The van der Waals surface area contributed by atoms with Crippen molar-refractivity contribution in [1.29, 1.82) is 0 Å². The summed E-state index contributed by atoms with van der Waals surface area (Å²) in [7, 11) is 0. The second-order valence-corrected chi connectivity index (χ2v) is 7.95. The molecule has 1 unspecified atom stereocenters. The first-order chi connectivity index (χ1) is 15.1. The minimum absolute atomic E-state index is 0.112. The number of aryl methyl sites for hydroxylation is 3. The summed E-state index contributed by atoms with van der Waals surface area (Å²) in [5.74, 6) is 2.57. The van der Waals surface area contributed by atoms with E-state index in [4.69, 9.17) is 13.9 Å². The van der Waals surface area contributed by atoms with E-state index in [1.54, 1.807) is 0 Å². The van der Waals surface area contributed by atoms with Crippen molar-refractivity contribution in [2.75, 3.05) is 13.2 Å². The Labute approximate surface area is 183 Å². The summed E-state index contributed by atoms with van der Waals surface area (Å²) in [6.45, 7) is 4.86. The normalized spacial score (nSPS) is 15.0. The molecular weight excluding hydrogens is 390 g/mol. The van der Waals surface area contributed by atoms with Gasteiger partial charge in [-0.05, 0) is 80.8 Å². The fourth-order valence-corrected chi connectivity index (χ4v) is 4.20. The predicted molar refractivity (Wildman–Crippen MR) is 119 cm³/mol. The zero-order chi connectivity index (χ0) is 21.6. The maximum Gasteiger partial charge on any atom is 0.306 e. The molecule has 1 aliphatic carbocycles. The van der Waals surface area contributed by atoms with Crippen LogP contribution in [0.25, 0.3) is 11.5 Å². The zero-order valence-electron chi connectivity index (χ0n) is 18.2. The van der Waals surface area contributed by atoms with E-state index in [1.807, 2.05) is 50.2 Å². The smallest absolute Gasteiger partial charge is 0.306 e. The summed E-state index contributed by atoms with van der Waals surface area (Å²) in [5.41, 5.74) is 4.52. The molecule has 1 atom stereocenters. The van der Waals surface area contributed by atoms with Crippen molar-refractivity contribution >= 4 is 5.97 Å². The summed E-state index contributed by atoms with van der Waals surface area (Å²) >= 11 is 0. The molecule has 5 heteroatoms. The van der Waals surface area contributed by atoms with Gasteiger partial charge in [0.25, 0.3) is 0 Å². The van der Waals surface area contributed by atoms with Gasteiger partial charge in [0, 0.05) is 5.56 Å². The highest BCUT2D eigenvalue weighted by atomic mass is 16.5. The Bertz CT molecular complexity index is 1030. The van der Waals surface area contributed by atoms with Crippen molar-refractivity contribution in [2.45, 2.75) is 51.9 Å². The summed E-state index contributed by atoms with van der Waals surface area (Å²) in [6, 6.07) is 16.2. The first kappa shape index (κ1) is 21.2. The molecule has 0 radical (unpaired) electrons. The Hall–Kier alpha value is -3.08. The lowest BCUT2D eigenvalue weighted by Crippen LogP contribution is -2.08. The molecule has 0 spiro atoms. The maximum atomic E-state index is 11.8. The van der Waals surface area contributed by atoms with Crippen molar-refractivity contribution in [3.8, 4) is 17.2 Å². The van der Waals surface area contributed by atoms with Crippen LogP contribution < -0.4 is 4.74 Å². The SMILES string of the molecule is CCOC(=O)CC1CCc2cc(OCCCc3nc(-c4ccccc4)oc3C)ccc21. The van der Waals surface area contributed by atoms with Crippen LogP contribution in [0.4, 0.5) is 0 Å². The molecule has 4 rings (SSSR count). The number of aromatic nitrogens is 1. The van der Waals surface area contributed by atoms with E-state index in [-0.39, 0.29) is 11.9 Å². The van der Waals surface area contributed by atoms with Crippen LogP contribution in [0, 0.1) is 6.92 Å². The number of nitrogens with zero attached hydrogens (tertiary/aromatic N) is 1. The van der Waals surface area contributed by atoms with Crippen molar-refractivity contribution in [3.63, 3.8) is 0 Å². The molecule has 162 valence electrons. The van der Waals surface area contributed by atoms with Gasteiger partial charge in [-0.25, -0.2) is 4.98 Å². The average Bonchev–Trinajstić information content (AvgIpc) is 3.35. The van der Waals surface area contributed by atoms with E-state index in [0.29, 0.717) is 25.5 Å². The van der Waals surface area contributed by atoms with E-state index in [1.165, 1.54) is 11.1 Å². The number of carbonyl (C=O) groups excluding carboxylic acids is 1. The number of oxazole rings is 1. The lowest BCUT2D eigenvalue weighted by atomic mass is 9.98. The van der Waals surface area contributed by atoms with Crippen LogP contribution in [0.2, 0.25) is 0 Å². The number of rotatable bonds is 9. The Balaban J connectivity index is 1.28. The highest BCUT2D eigenvalue weighted by Crippen LogP contribution is 2.37. The molecule has 1 aliphatic rings. The summed E-state index contributed by atoms with van der Waals surface area (Å²) in [6.07, 6.45) is 4.12. The first-order valence-electron chi connectivity index (χ1n) is 11.1. The minimum Gasteiger partial charge on any atom is -0.494 e. The predicted octanol–water partition coefficient (Wildman–Crippen LogP) is 5.64. The molecule has 0 fully saturated rings. The third-order valence-electron chi connectivity index (χ3n) is 5.77. The maximum absolute atomic E-state index is 11.8. The Kier molecular flexibility index (Phi) is 6.70. The molecule has 0 aliphatic heterocycles. The molecule has 3 aromatic rings. The molecule has 1 aromatic heterocycles. The number of fused-ring (bicyclic) bond motifs is 1. The van der Waals surface area contributed by atoms with Gasteiger partial charge in [0.15, 0.2) is 0 Å². The number of hydrogen-bond donors (Lipinski definition) is 0. The monoisotopic (exact) mass is 419 g/mol. The van der Waals surface area contributed by atoms with Crippen LogP contribution in [0.3, 0.4) is 0 Å². The highest BCUT2D eigenvalue weighted by molar-refractivity contribution is 5.71. The lowest BCUT2D eigenvalue weighted by molar-refractivity contribution is -0.143. The largest absolute Gasteiger partial charge is 0.494 e. The summed E-state index contributed by atoms with van der Waals surface area (Å²) in [4.78, 5) is 16.5. The number of carbonyl (C=O) groups is 1.